The van der Waals surface area contributed by atoms with Crippen LogP contribution < -0.4 is 15.8 Å². The highest BCUT2D eigenvalue weighted by molar-refractivity contribution is 5.76. The molecule has 1 amide bonds. The van der Waals surface area contributed by atoms with Crippen molar-refractivity contribution in [3.63, 3.8) is 0 Å². The van der Waals surface area contributed by atoms with Crippen LogP contribution >= 0.6 is 0 Å². The molecule has 0 heterocycles. The fraction of sp³-hybridized carbons (Fsp3) is 0.500. The molecule has 106 valence electrons. The number of benzene rings is 1. The first kappa shape index (κ1) is 15.4. The number of hydrogen-bond acceptors (Lipinski definition) is 3. The maximum atomic E-state index is 13.4. The first-order valence-corrected chi connectivity index (χ1v) is 6.46. The van der Waals surface area contributed by atoms with Gasteiger partial charge in [-0.25, -0.2) is 4.39 Å². The number of carbonyl (C=O) groups excluding carboxylic acids is 1. The topological polar surface area (TPSA) is 64.3 Å². The number of rotatable bonds is 8. The number of halogens is 1. The van der Waals surface area contributed by atoms with Crippen LogP contribution in [0.25, 0.3) is 0 Å². The van der Waals surface area contributed by atoms with Gasteiger partial charge in [-0.2, -0.15) is 0 Å². The van der Waals surface area contributed by atoms with Crippen molar-refractivity contribution in [1.29, 1.82) is 0 Å². The molecule has 1 aromatic carbocycles. The summed E-state index contributed by atoms with van der Waals surface area (Å²) in [5.41, 5.74) is 6.15. The number of hydrogen-bond donors (Lipinski definition) is 2. The van der Waals surface area contributed by atoms with Gasteiger partial charge in [-0.15, -0.1) is 0 Å². The Bertz CT molecular complexity index is 410. The fourth-order valence-corrected chi connectivity index (χ4v) is 1.71. The molecule has 1 rings (SSSR count). The Morgan fingerprint density at radius 3 is 2.84 bits per heavy atom. The lowest BCUT2D eigenvalue weighted by atomic mass is 10.1. The number of methoxy groups -OCH3 is 1. The molecule has 0 atom stereocenters. The van der Waals surface area contributed by atoms with E-state index in [1.54, 1.807) is 12.1 Å². The third-order valence-electron chi connectivity index (χ3n) is 2.81. The summed E-state index contributed by atoms with van der Waals surface area (Å²) < 4.78 is 18.3. The summed E-state index contributed by atoms with van der Waals surface area (Å²) in [5, 5.41) is 2.81. The lowest BCUT2D eigenvalue weighted by Crippen LogP contribution is -2.25. The van der Waals surface area contributed by atoms with Gasteiger partial charge < -0.3 is 15.8 Å². The first-order chi connectivity index (χ1) is 9.17. The van der Waals surface area contributed by atoms with Gasteiger partial charge in [-0.05, 0) is 43.5 Å². The summed E-state index contributed by atoms with van der Waals surface area (Å²) in [5.74, 6) is -0.202. The van der Waals surface area contributed by atoms with E-state index in [2.05, 4.69) is 5.32 Å². The van der Waals surface area contributed by atoms with Crippen molar-refractivity contribution in [2.45, 2.75) is 25.7 Å². The summed E-state index contributed by atoms with van der Waals surface area (Å²) in [6, 6.07) is 4.74. The van der Waals surface area contributed by atoms with E-state index in [9.17, 15) is 9.18 Å². The van der Waals surface area contributed by atoms with Crippen LogP contribution in [0.15, 0.2) is 18.2 Å². The van der Waals surface area contributed by atoms with E-state index in [0.29, 0.717) is 25.9 Å². The van der Waals surface area contributed by atoms with E-state index in [4.69, 9.17) is 10.5 Å². The summed E-state index contributed by atoms with van der Waals surface area (Å²) >= 11 is 0. The van der Waals surface area contributed by atoms with E-state index in [1.807, 2.05) is 0 Å². The highest BCUT2D eigenvalue weighted by Gasteiger charge is 2.05. The van der Waals surface area contributed by atoms with E-state index < -0.39 is 5.82 Å². The molecule has 0 aromatic heterocycles. The molecule has 5 heteroatoms. The van der Waals surface area contributed by atoms with Crippen LogP contribution in [0.4, 0.5) is 4.39 Å². The van der Waals surface area contributed by atoms with Crippen LogP contribution in [0.2, 0.25) is 0 Å². The second-order valence-electron chi connectivity index (χ2n) is 4.31. The molecule has 0 saturated heterocycles. The van der Waals surface area contributed by atoms with Crippen molar-refractivity contribution in [2.24, 2.45) is 5.73 Å². The molecule has 0 aliphatic carbocycles. The molecule has 0 saturated carbocycles. The number of nitrogens with one attached hydrogen (secondary N) is 1. The van der Waals surface area contributed by atoms with Gasteiger partial charge in [-0.1, -0.05) is 6.07 Å². The number of ether oxygens (including phenoxy) is 1. The van der Waals surface area contributed by atoms with E-state index in [0.717, 1.165) is 18.4 Å². The minimum absolute atomic E-state index is 0.0201. The van der Waals surface area contributed by atoms with Gasteiger partial charge in [0.25, 0.3) is 0 Å². The monoisotopic (exact) mass is 268 g/mol. The van der Waals surface area contributed by atoms with Crippen LogP contribution in [0, 0.1) is 5.82 Å². The molecule has 0 radical (unpaired) electrons. The zero-order valence-corrected chi connectivity index (χ0v) is 11.2. The SMILES string of the molecule is COc1ccc(CCC(=O)NCCCCN)cc1F. The Kier molecular flexibility index (Phi) is 6.89. The Morgan fingerprint density at radius 2 is 2.21 bits per heavy atom. The predicted molar refractivity (Wildman–Crippen MR) is 72.6 cm³/mol. The molecule has 4 nitrogen and oxygen atoms in total. The molecular weight excluding hydrogens is 247 g/mol. The lowest BCUT2D eigenvalue weighted by Gasteiger charge is -2.06. The van der Waals surface area contributed by atoms with Crippen molar-refractivity contribution in [3.05, 3.63) is 29.6 Å². The molecule has 0 aliphatic rings. The first-order valence-electron chi connectivity index (χ1n) is 6.46. The van der Waals surface area contributed by atoms with Gasteiger partial charge in [0.1, 0.15) is 0 Å². The highest BCUT2D eigenvalue weighted by atomic mass is 19.1. The third kappa shape index (κ3) is 5.70. The molecule has 0 fully saturated rings. The van der Waals surface area contributed by atoms with Crippen LogP contribution in [0.5, 0.6) is 5.75 Å². The maximum absolute atomic E-state index is 13.4. The van der Waals surface area contributed by atoms with Gasteiger partial charge in [0.15, 0.2) is 11.6 Å². The Morgan fingerprint density at radius 1 is 1.42 bits per heavy atom. The lowest BCUT2D eigenvalue weighted by molar-refractivity contribution is -0.121. The Labute approximate surface area is 113 Å². The average molecular weight is 268 g/mol. The van der Waals surface area contributed by atoms with Crippen molar-refractivity contribution >= 4 is 5.91 Å². The van der Waals surface area contributed by atoms with Crippen LogP contribution in [0.3, 0.4) is 0 Å². The number of amides is 1. The van der Waals surface area contributed by atoms with Gasteiger partial charge in [0.2, 0.25) is 5.91 Å². The zero-order valence-electron chi connectivity index (χ0n) is 11.2. The zero-order chi connectivity index (χ0) is 14.1. The van der Waals surface area contributed by atoms with Crippen LogP contribution in [-0.4, -0.2) is 26.1 Å². The minimum Gasteiger partial charge on any atom is -0.494 e. The summed E-state index contributed by atoms with van der Waals surface area (Å²) in [4.78, 5) is 11.5. The van der Waals surface area contributed by atoms with Crippen LogP contribution in [0.1, 0.15) is 24.8 Å². The van der Waals surface area contributed by atoms with Gasteiger partial charge in [0.05, 0.1) is 7.11 Å². The summed E-state index contributed by atoms with van der Waals surface area (Å²) in [6.45, 7) is 1.29. The largest absolute Gasteiger partial charge is 0.494 e. The number of aryl methyl sites for hydroxylation is 1. The smallest absolute Gasteiger partial charge is 0.220 e. The molecule has 0 unspecified atom stereocenters. The number of carbonyl (C=O) groups is 1. The standard InChI is InChI=1S/C14H21FN2O2/c1-19-13-6-4-11(10-12(13)15)5-7-14(18)17-9-3-2-8-16/h4,6,10H,2-3,5,7-9,16H2,1H3,(H,17,18). The van der Waals surface area contributed by atoms with Crippen molar-refractivity contribution in [2.75, 3.05) is 20.2 Å². The molecule has 0 spiro atoms. The predicted octanol–water partition coefficient (Wildman–Crippen LogP) is 1.62. The molecule has 1 aromatic rings. The van der Waals surface area contributed by atoms with Crippen molar-refractivity contribution in [1.82, 2.24) is 5.32 Å². The second-order valence-corrected chi connectivity index (χ2v) is 4.31. The van der Waals surface area contributed by atoms with E-state index in [1.165, 1.54) is 13.2 Å². The van der Waals surface area contributed by atoms with Crippen molar-refractivity contribution in [3.8, 4) is 5.75 Å². The average Bonchev–Trinajstić information content (AvgIpc) is 2.41. The minimum atomic E-state index is -0.400. The second kappa shape index (κ2) is 8.48. The van der Waals surface area contributed by atoms with Gasteiger partial charge >= 0.3 is 0 Å². The molecule has 0 aliphatic heterocycles. The van der Waals surface area contributed by atoms with E-state index in [-0.39, 0.29) is 11.7 Å². The van der Waals surface area contributed by atoms with Gasteiger partial charge in [0, 0.05) is 13.0 Å². The quantitative estimate of drug-likeness (QED) is 0.704. The summed E-state index contributed by atoms with van der Waals surface area (Å²) in [6.07, 6.45) is 2.67. The highest BCUT2D eigenvalue weighted by Crippen LogP contribution is 2.18. The summed E-state index contributed by atoms with van der Waals surface area (Å²) in [7, 11) is 1.42. The normalized spacial score (nSPS) is 10.3. The number of unbranched alkanes of at least 4 members (excludes halogenated alkanes) is 1. The van der Waals surface area contributed by atoms with E-state index >= 15 is 0 Å². The maximum Gasteiger partial charge on any atom is 0.220 e. The molecule has 0 bridgehead atoms. The molecule has 19 heavy (non-hydrogen) atoms. The fourth-order valence-electron chi connectivity index (χ4n) is 1.71. The Hall–Kier alpha value is -1.62. The molecular formula is C14H21FN2O2. The van der Waals surface area contributed by atoms with Gasteiger partial charge in [-0.3, -0.25) is 4.79 Å². The van der Waals surface area contributed by atoms with Crippen LogP contribution in [-0.2, 0) is 11.2 Å². The Balaban J connectivity index is 2.32. The van der Waals surface area contributed by atoms with Crippen molar-refractivity contribution < 1.29 is 13.9 Å². The molecule has 3 N–H and O–H groups in total. The third-order valence-corrected chi connectivity index (χ3v) is 2.81. The number of nitrogens with two attached hydrogens (primary N) is 1.